The van der Waals surface area contributed by atoms with Crippen LogP contribution < -0.4 is 5.32 Å². The van der Waals surface area contributed by atoms with Gasteiger partial charge in [-0.15, -0.1) is 0 Å². The first kappa shape index (κ1) is 16.4. The summed E-state index contributed by atoms with van der Waals surface area (Å²) in [4.78, 5) is 18.4. The molecule has 1 aromatic heterocycles. The van der Waals surface area contributed by atoms with E-state index in [-0.39, 0.29) is 29.9 Å². The highest BCUT2D eigenvalue weighted by molar-refractivity contribution is 6.29. The molecule has 2 N–H and O–H groups in total. The second-order valence-electron chi connectivity index (χ2n) is 5.14. The number of halogens is 1. The number of nitrogens with zero attached hydrogens (tertiary/aromatic N) is 4. The van der Waals surface area contributed by atoms with E-state index in [1.165, 1.54) is 6.20 Å². The third-order valence-corrected chi connectivity index (χ3v) is 3.61. The Balaban J connectivity index is 2.06. The molecule has 0 aliphatic heterocycles. The van der Waals surface area contributed by atoms with Crippen molar-refractivity contribution in [1.82, 2.24) is 4.98 Å². The number of rotatable bonds is 6. The summed E-state index contributed by atoms with van der Waals surface area (Å²) in [5.41, 5.74) is 8.09. The summed E-state index contributed by atoms with van der Waals surface area (Å²) in [5, 5.41) is 16.8. The second-order valence-corrected chi connectivity index (χ2v) is 5.52. The van der Waals surface area contributed by atoms with Gasteiger partial charge in [0.1, 0.15) is 10.7 Å². The summed E-state index contributed by atoms with van der Waals surface area (Å²) >= 11 is 5.86. The second kappa shape index (κ2) is 6.83. The van der Waals surface area contributed by atoms with E-state index in [9.17, 15) is 9.90 Å². The third-order valence-electron chi connectivity index (χ3n) is 3.41. The van der Waals surface area contributed by atoms with Crippen LogP contribution in [-0.4, -0.2) is 40.9 Å². The molecule has 0 atom stereocenters. The zero-order valence-corrected chi connectivity index (χ0v) is 12.7. The van der Waals surface area contributed by atoms with Crippen molar-refractivity contribution in [3.8, 4) is 0 Å². The maximum Gasteiger partial charge on any atom is 0.341 e. The van der Waals surface area contributed by atoms with Gasteiger partial charge in [0.15, 0.2) is 0 Å². The van der Waals surface area contributed by atoms with Crippen LogP contribution in [0, 0.1) is 0 Å². The number of esters is 1. The van der Waals surface area contributed by atoms with Crippen molar-refractivity contribution in [1.29, 1.82) is 0 Å². The van der Waals surface area contributed by atoms with Crippen molar-refractivity contribution < 1.29 is 14.6 Å². The summed E-state index contributed by atoms with van der Waals surface area (Å²) < 4.78 is 4.97. The van der Waals surface area contributed by atoms with Crippen LogP contribution in [0.1, 0.15) is 30.1 Å². The Morgan fingerprint density at radius 2 is 2.45 bits per heavy atom. The predicted octanol–water partition coefficient (Wildman–Crippen LogP) is 2.53. The molecule has 0 aromatic carbocycles. The molecule has 2 rings (SSSR count). The minimum absolute atomic E-state index is 0.0313. The van der Waals surface area contributed by atoms with E-state index < -0.39 is 11.6 Å². The number of aliphatic hydroxyl groups is 1. The fourth-order valence-corrected chi connectivity index (χ4v) is 2.55. The van der Waals surface area contributed by atoms with Gasteiger partial charge in [-0.1, -0.05) is 16.7 Å². The molecule has 0 unspecified atom stereocenters. The molecule has 1 aromatic rings. The van der Waals surface area contributed by atoms with Gasteiger partial charge in [0.2, 0.25) is 0 Å². The van der Waals surface area contributed by atoms with Gasteiger partial charge in [0.25, 0.3) is 0 Å². The van der Waals surface area contributed by atoms with Crippen LogP contribution in [0.2, 0.25) is 5.15 Å². The number of ether oxygens (including phenoxy) is 1. The normalized spacial score (nSPS) is 23.1. The summed E-state index contributed by atoms with van der Waals surface area (Å²) in [7, 11) is 0. The number of pyridine rings is 1. The van der Waals surface area contributed by atoms with Crippen LogP contribution in [0.4, 0.5) is 5.69 Å². The Hall–Kier alpha value is -2.02. The Labute approximate surface area is 132 Å². The summed E-state index contributed by atoms with van der Waals surface area (Å²) in [6.45, 7) is 2.01. The Bertz CT molecular complexity index is 612. The van der Waals surface area contributed by atoms with Crippen LogP contribution in [0.15, 0.2) is 17.4 Å². The van der Waals surface area contributed by atoms with Gasteiger partial charge in [-0.25, -0.2) is 9.78 Å². The Kier molecular flexibility index (Phi) is 5.07. The molecule has 0 saturated heterocycles. The van der Waals surface area contributed by atoms with E-state index in [1.54, 1.807) is 13.0 Å². The summed E-state index contributed by atoms with van der Waals surface area (Å²) in [6, 6.07) is 1.49. The third kappa shape index (κ3) is 3.79. The summed E-state index contributed by atoms with van der Waals surface area (Å²) in [5.74, 6) is -0.488. The topological polar surface area (TPSA) is 120 Å². The molecular weight excluding hydrogens is 310 g/mol. The average Bonchev–Trinajstić information content (AvgIpc) is 2.44. The molecule has 22 heavy (non-hydrogen) atoms. The maximum absolute atomic E-state index is 11.9. The van der Waals surface area contributed by atoms with Crippen LogP contribution in [0.5, 0.6) is 0 Å². The van der Waals surface area contributed by atoms with E-state index in [2.05, 4.69) is 20.3 Å². The fourth-order valence-electron chi connectivity index (χ4n) is 2.39. The van der Waals surface area contributed by atoms with E-state index in [0.717, 1.165) is 0 Å². The van der Waals surface area contributed by atoms with E-state index in [0.29, 0.717) is 18.5 Å². The largest absolute Gasteiger partial charge is 0.462 e. The highest BCUT2D eigenvalue weighted by Gasteiger charge is 2.42. The maximum atomic E-state index is 11.9. The van der Waals surface area contributed by atoms with Gasteiger partial charge in [0.05, 0.1) is 24.4 Å². The number of aromatic nitrogens is 1. The van der Waals surface area contributed by atoms with Crippen molar-refractivity contribution in [3.63, 3.8) is 0 Å². The fraction of sp³-hybridized carbons (Fsp3) is 0.538. The highest BCUT2D eigenvalue weighted by atomic mass is 35.5. The van der Waals surface area contributed by atoms with Gasteiger partial charge in [-0.2, -0.15) is 0 Å². The first-order valence-electron chi connectivity index (χ1n) is 6.80. The zero-order valence-electron chi connectivity index (χ0n) is 12.0. The molecule has 1 aliphatic rings. The molecule has 0 spiro atoms. The number of hydrogen-bond acceptors (Lipinski definition) is 6. The molecular formula is C13H16ClN5O3. The number of hydrogen-bond donors (Lipinski definition) is 2. The lowest BCUT2D eigenvalue weighted by Crippen LogP contribution is -2.52. The standard InChI is InChI=1S/C13H16ClN5O3/c1-2-22-12(20)9-6-16-11(14)3-10(9)18-8-4-13(21,5-8)7-17-19-15/h3,6,8,21H,2,4-5,7H2,1H3,(H,16,18). The Morgan fingerprint density at radius 1 is 1.73 bits per heavy atom. The number of anilines is 1. The SMILES string of the molecule is CCOC(=O)c1cnc(Cl)cc1NC1CC(O)(CN=[N+]=[N-])C1. The van der Waals surface area contributed by atoms with E-state index in [1.807, 2.05) is 0 Å². The monoisotopic (exact) mass is 325 g/mol. The van der Waals surface area contributed by atoms with Crippen molar-refractivity contribution in [3.05, 3.63) is 33.4 Å². The predicted molar refractivity (Wildman–Crippen MR) is 80.8 cm³/mol. The van der Waals surface area contributed by atoms with E-state index in [4.69, 9.17) is 21.9 Å². The number of carbonyl (C=O) groups excluding carboxylic acids is 1. The number of azide groups is 1. The van der Waals surface area contributed by atoms with Gasteiger partial charge in [0, 0.05) is 17.2 Å². The molecule has 8 nitrogen and oxygen atoms in total. The average molecular weight is 326 g/mol. The van der Waals surface area contributed by atoms with Crippen molar-refractivity contribution in [2.45, 2.75) is 31.4 Å². The number of carbonyl (C=O) groups is 1. The molecule has 0 amide bonds. The molecule has 0 radical (unpaired) electrons. The van der Waals surface area contributed by atoms with Crippen molar-refractivity contribution >= 4 is 23.3 Å². The van der Waals surface area contributed by atoms with Crippen molar-refractivity contribution in [2.75, 3.05) is 18.5 Å². The Morgan fingerprint density at radius 3 is 3.09 bits per heavy atom. The molecule has 0 bridgehead atoms. The smallest absolute Gasteiger partial charge is 0.341 e. The summed E-state index contributed by atoms with van der Waals surface area (Å²) in [6.07, 6.45) is 2.18. The molecule has 118 valence electrons. The molecule has 9 heteroatoms. The quantitative estimate of drug-likeness (QED) is 0.274. The lowest BCUT2D eigenvalue weighted by Gasteiger charge is -2.43. The molecule has 1 aliphatic carbocycles. The van der Waals surface area contributed by atoms with Gasteiger partial charge in [-0.05, 0) is 31.4 Å². The van der Waals surface area contributed by atoms with Gasteiger partial charge in [-0.3, -0.25) is 0 Å². The van der Waals surface area contributed by atoms with E-state index >= 15 is 0 Å². The minimum Gasteiger partial charge on any atom is -0.462 e. The zero-order chi connectivity index (χ0) is 16.2. The van der Waals surface area contributed by atoms with Crippen LogP contribution in [0.25, 0.3) is 10.4 Å². The minimum atomic E-state index is -0.995. The lowest BCUT2D eigenvalue weighted by molar-refractivity contribution is -0.0322. The van der Waals surface area contributed by atoms with Crippen LogP contribution in [0.3, 0.4) is 0 Å². The first-order chi connectivity index (χ1) is 10.5. The molecule has 1 fully saturated rings. The van der Waals surface area contributed by atoms with Crippen LogP contribution >= 0.6 is 11.6 Å². The van der Waals surface area contributed by atoms with Gasteiger partial charge < -0.3 is 15.2 Å². The molecule has 1 saturated carbocycles. The first-order valence-corrected chi connectivity index (χ1v) is 7.17. The molecule has 1 heterocycles. The lowest BCUT2D eigenvalue weighted by atomic mass is 9.75. The van der Waals surface area contributed by atoms with Crippen LogP contribution in [-0.2, 0) is 4.74 Å². The van der Waals surface area contributed by atoms with Crippen molar-refractivity contribution in [2.24, 2.45) is 5.11 Å². The van der Waals surface area contributed by atoms with Gasteiger partial charge >= 0.3 is 5.97 Å². The highest BCUT2D eigenvalue weighted by Crippen LogP contribution is 2.35. The number of nitrogens with one attached hydrogen (secondary N) is 1.